The van der Waals surface area contributed by atoms with Crippen LogP contribution in [0.15, 0.2) is 59.2 Å². The van der Waals surface area contributed by atoms with E-state index in [9.17, 15) is 18.9 Å². The van der Waals surface area contributed by atoms with Crippen molar-refractivity contribution in [1.82, 2.24) is 30.1 Å². The fraction of sp³-hybridized carbons (Fsp3) is 0.472. The second-order valence-electron chi connectivity index (χ2n) is 19.8. The third kappa shape index (κ3) is 10.1. The summed E-state index contributed by atoms with van der Waals surface area (Å²) in [5, 5.41) is 10.9. The van der Waals surface area contributed by atoms with Crippen LogP contribution >= 0.6 is 23.1 Å². The maximum Gasteiger partial charge on any atom is 0.234 e. The van der Waals surface area contributed by atoms with Gasteiger partial charge < -0.3 is 34.6 Å². The van der Waals surface area contributed by atoms with Gasteiger partial charge in [-0.2, -0.15) is 4.98 Å². The first-order valence-corrected chi connectivity index (χ1v) is 28.4. The van der Waals surface area contributed by atoms with Crippen LogP contribution in [0.25, 0.3) is 10.9 Å². The van der Waals surface area contributed by atoms with Gasteiger partial charge in [-0.3, -0.25) is 29.6 Å². The van der Waals surface area contributed by atoms with Gasteiger partial charge in [0.2, 0.25) is 23.7 Å². The third-order valence-electron chi connectivity index (χ3n) is 15.3. The Balaban J connectivity index is 0.756. The number of pyridine rings is 1. The van der Waals surface area contributed by atoms with Gasteiger partial charge in [-0.25, -0.2) is 13.8 Å². The van der Waals surface area contributed by atoms with Crippen LogP contribution in [0.2, 0.25) is 0 Å². The number of hydrogen-bond acceptors (Lipinski definition) is 13. The number of hydrogen-bond donors (Lipinski definition) is 3. The number of halogens is 3. The molecular weight excluding hydrogens is 1010 g/mol. The Morgan fingerprint density at radius 1 is 0.875 bits per heavy atom. The summed E-state index contributed by atoms with van der Waals surface area (Å²) in [5.41, 5.74) is 5.64. The van der Waals surface area contributed by atoms with Crippen molar-refractivity contribution in [3.63, 3.8) is 0 Å². The Kier molecular flexibility index (Phi) is 14.6. The van der Waals surface area contributed by atoms with Crippen LogP contribution in [0.1, 0.15) is 81.5 Å². The van der Waals surface area contributed by atoms with Gasteiger partial charge in [0.1, 0.15) is 30.3 Å². The van der Waals surface area contributed by atoms with E-state index in [1.807, 2.05) is 47.9 Å². The van der Waals surface area contributed by atoms with Crippen molar-refractivity contribution >= 4 is 91.5 Å². The van der Waals surface area contributed by atoms with Gasteiger partial charge in [-0.1, -0.05) is 13.0 Å². The van der Waals surface area contributed by atoms with Gasteiger partial charge >= 0.3 is 0 Å². The molecule has 5 aliphatic rings. The van der Waals surface area contributed by atoms with Gasteiger partial charge in [-0.15, -0.1) is 0 Å². The molecule has 5 aromatic rings. The van der Waals surface area contributed by atoms with Crippen molar-refractivity contribution in [3.05, 3.63) is 87.7 Å². The Morgan fingerprint density at radius 2 is 1.61 bits per heavy atom. The average molecular weight is 1070 g/mol. The minimum atomic E-state index is -2.66. The lowest BCUT2D eigenvalue weighted by atomic mass is 9.89. The number of nitrogens with one attached hydrogen (secondary N) is 3. The number of fused-ring (bicyclic) bond motifs is 1. The summed E-state index contributed by atoms with van der Waals surface area (Å²) in [6.45, 7) is 12.0. The molecule has 3 aromatic carbocycles. The first-order chi connectivity index (χ1) is 34.8. The molecular formula is C53H62BrF2N10O5P. The molecule has 72 heavy (non-hydrogen) atoms. The number of piperidine rings is 2. The fourth-order valence-corrected chi connectivity index (χ4v) is 15.1. The van der Waals surface area contributed by atoms with E-state index in [-0.39, 0.29) is 30.2 Å². The van der Waals surface area contributed by atoms with Gasteiger partial charge in [-0.05, 0) is 117 Å². The molecule has 1 unspecified atom stereocenters. The van der Waals surface area contributed by atoms with E-state index in [2.05, 4.69) is 65.7 Å². The van der Waals surface area contributed by atoms with Gasteiger partial charge in [0.15, 0.2) is 0 Å². The van der Waals surface area contributed by atoms with Gasteiger partial charge in [0.05, 0.1) is 39.8 Å². The highest BCUT2D eigenvalue weighted by Gasteiger charge is 2.38. The van der Waals surface area contributed by atoms with Crippen LogP contribution in [-0.2, 0) is 25.4 Å². The van der Waals surface area contributed by atoms with Crippen molar-refractivity contribution < 1.29 is 32.5 Å². The molecule has 3 N–H and O–H groups in total. The van der Waals surface area contributed by atoms with Crippen molar-refractivity contribution in [2.45, 2.75) is 84.1 Å². The lowest BCUT2D eigenvalue weighted by Crippen LogP contribution is -2.55. The van der Waals surface area contributed by atoms with E-state index in [0.717, 1.165) is 97.2 Å². The highest BCUT2D eigenvalue weighted by Crippen LogP contribution is 2.54. The number of aromatic nitrogens is 3. The van der Waals surface area contributed by atoms with Crippen LogP contribution < -0.4 is 35.8 Å². The van der Waals surface area contributed by atoms with Crippen molar-refractivity contribution in [1.29, 1.82) is 0 Å². The molecule has 15 nitrogen and oxygen atoms in total. The number of piperazine rings is 1. The summed E-state index contributed by atoms with van der Waals surface area (Å²) in [4.78, 5) is 60.8. The lowest BCUT2D eigenvalue weighted by molar-refractivity contribution is -0.137. The van der Waals surface area contributed by atoms with Crippen LogP contribution in [0.4, 0.5) is 43.3 Å². The van der Waals surface area contributed by atoms with Crippen LogP contribution in [0.5, 0.6) is 5.75 Å². The van der Waals surface area contributed by atoms with E-state index >= 15 is 8.78 Å². The predicted molar refractivity (Wildman–Crippen MR) is 281 cm³/mol. The molecule has 0 saturated carbocycles. The van der Waals surface area contributed by atoms with E-state index in [4.69, 9.17) is 14.7 Å². The summed E-state index contributed by atoms with van der Waals surface area (Å²) in [6, 6.07) is 15.1. The molecule has 2 aromatic heterocycles. The molecule has 0 bridgehead atoms. The maximum atomic E-state index is 15.3. The van der Waals surface area contributed by atoms with Crippen molar-refractivity contribution in [2.24, 2.45) is 5.92 Å². The van der Waals surface area contributed by atoms with Gasteiger partial charge in [0, 0.05) is 123 Å². The fourth-order valence-electron chi connectivity index (χ4n) is 11.5. The zero-order chi connectivity index (χ0) is 50.3. The smallest absolute Gasteiger partial charge is 0.234 e. The number of nitrogens with zero attached hydrogens (tertiary/aromatic N) is 7. The molecule has 19 heteroatoms. The Morgan fingerprint density at radius 3 is 2.32 bits per heavy atom. The van der Waals surface area contributed by atoms with Crippen LogP contribution in [0.3, 0.4) is 0 Å². The molecule has 0 radical (unpaired) electrons. The summed E-state index contributed by atoms with van der Waals surface area (Å²) in [5.74, 6) is -2.38. The molecule has 380 valence electrons. The number of ether oxygens (including phenoxy) is 1. The average Bonchev–Trinajstić information content (AvgIpc) is 4.06. The van der Waals surface area contributed by atoms with E-state index in [1.54, 1.807) is 6.20 Å². The monoisotopic (exact) mass is 1070 g/mol. The number of aryl methyl sites for hydroxylation is 2. The van der Waals surface area contributed by atoms with Crippen LogP contribution in [0, 0.1) is 24.5 Å². The number of rotatable bonds is 13. The molecule has 7 heterocycles. The zero-order valence-corrected chi connectivity index (χ0v) is 43.6. The SMILES string of the molecule is CCOc1cc(N2CCC(N3CCN(C(=O)[C@@H]4CCN(c5cc(F)c(C6CCC(=O)NC6=O)c(F)c5)C4)CC3)CC2)c(CC)cc1Nc1ncc(Br)c(Nc2ccc3nc(C)ccc3c2P2(=O)CCCC2)n1. The van der Waals surface area contributed by atoms with E-state index in [1.165, 1.54) is 17.7 Å². The van der Waals surface area contributed by atoms with Crippen molar-refractivity contribution in [3.8, 4) is 5.75 Å². The normalized spacial score (nSPS) is 20.8. The first kappa shape index (κ1) is 49.9. The van der Waals surface area contributed by atoms with Gasteiger partial charge in [0.25, 0.3) is 0 Å². The lowest BCUT2D eigenvalue weighted by Gasteiger charge is -2.44. The number of carbonyl (C=O) groups is 3. The summed E-state index contributed by atoms with van der Waals surface area (Å²) in [6.07, 6.45) is 8.42. The predicted octanol–water partition coefficient (Wildman–Crippen LogP) is 8.76. The number of carbonyl (C=O) groups excluding carboxylic acids is 3. The van der Waals surface area contributed by atoms with Crippen LogP contribution in [-0.4, -0.2) is 120 Å². The maximum absolute atomic E-state index is 15.3. The van der Waals surface area contributed by atoms with E-state index < -0.39 is 36.5 Å². The number of anilines is 6. The zero-order valence-electron chi connectivity index (χ0n) is 41.1. The minimum Gasteiger partial charge on any atom is -0.492 e. The standard InChI is InChI=1S/C53H62BrF2N10O5P/c1-4-33-26-44(60-53-57-30-39(54)50(62-53)59-43-12-11-42-37(9-8-32(3)58-42)49(43)72(70)24-6-7-25-72)46(71-5-2)29-45(33)64-18-15-35(16-19-64)63-20-22-65(23-21-63)52(69)34-14-17-66(31-34)36-27-40(55)48(41(56)28-36)38-10-13-47(67)61-51(38)68/h8-9,11-12,26-30,34-35,38H,4-7,10,13-25,31H2,1-3H3,(H,61,67,68)(H2,57,59,60,62)/t34-,38?/m1/s1. The highest BCUT2D eigenvalue weighted by molar-refractivity contribution is 9.10. The molecule has 3 amide bonds. The number of amides is 3. The topological polar surface area (TPSA) is 165 Å². The largest absolute Gasteiger partial charge is 0.492 e. The number of benzene rings is 3. The van der Waals surface area contributed by atoms with Crippen molar-refractivity contribution in [2.75, 3.05) is 91.7 Å². The number of imide groups is 1. The molecule has 5 fully saturated rings. The summed E-state index contributed by atoms with van der Waals surface area (Å²) in [7, 11) is -2.66. The molecule has 0 spiro atoms. The molecule has 5 aliphatic heterocycles. The second-order valence-corrected chi connectivity index (χ2v) is 23.7. The van der Waals surface area contributed by atoms with E-state index in [0.29, 0.717) is 85.2 Å². The quantitative estimate of drug-likeness (QED) is 0.0758. The molecule has 10 rings (SSSR count). The summed E-state index contributed by atoms with van der Waals surface area (Å²) < 4.78 is 52.1. The Hall–Kier alpha value is -5.71. The molecule has 0 aliphatic carbocycles. The highest BCUT2D eigenvalue weighted by atomic mass is 79.9. The Bertz CT molecular complexity index is 2930. The molecule has 5 saturated heterocycles. The molecule has 2 atom stereocenters. The Labute approximate surface area is 427 Å². The minimum absolute atomic E-state index is 0.0272. The third-order valence-corrected chi connectivity index (χ3v) is 19.2. The summed E-state index contributed by atoms with van der Waals surface area (Å²) >= 11 is 3.67. The first-order valence-electron chi connectivity index (χ1n) is 25.5. The second kappa shape index (κ2) is 21.0.